The lowest BCUT2D eigenvalue weighted by Gasteiger charge is -2.32. The van der Waals surface area contributed by atoms with Gasteiger partial charge >= 0.3 is 6.09 Å². The number of nitro groups is 1. The Morgan fingerprint density at radius 2 is 1.94 bits per heavy atom. The summed E-state index contributed by atoms with van der Waals surface area (Å²) < 4.78 is 34.6. The maximum atomic E-state index is 13.8. The molecule has 0 N–H and O–H groups in total. The first kappa shape index (κ1) is 29.3. The molecule has 0 aromatic heterocycles. The molecule has 1 aromatic carbocycles. The zero-order valence-corrected chi connectivity index (χ0v) is 22.3. The summed E-state index contributed by atoms with van der Waals surface area (Å²) in [5, 5.41) is 14.6. The van der Waals surface area contributed by atoms with Gasteiger partial charge in [0.1, 0.15) is 5.60 Å². The molecule has 1 saturated heterocycles. The van der Waals surface area contributed by atoms with Crippen LogP contribution in [0.4, 0.5) is 10.5 Å². The van der Waals surface area contributed by atoms with Gasteiger partial charge in [-0.2, -0.15) is 4.31 Å². The second-order valence-electron chi connectivity index (χ2n) is 10.4. The first-order valence-corrected chi connectivity index (χ1v) is 13.5. The van der Waals surface area contributed by atoms with Crippen LogP contribution < -0.4 is 0 Å². The Morgan fingerprint density at radius 1 is 1.31 bits per heavy atom. The van der Waals surface area contributed by atoms with E-state index in [1.807, 2.05) is 13.8 Å². The lowest BCUT2D eigenvalue weighted by atomic mass is 9.97. The van der Waals surface area contributed by atoms with Crippen LogP contribution in [0, 0.1) is 22.0 Å². The second kappa shape index (κ2) is 12.4. The fraction of sp³-hybridized carbons (Fsp3) is 0.696. The standard InChI is InChI=1S/C23H36N6O6S/c1-17(2)12-14-28(36(33,34)20-10-8-19(9-11-20)29(31)32)21-16-27(22(30)35-23(3,4)5)15-18(21)7-6-13-25-26-24/h8-11,17-18,21H,6-7,12-16H2,1-5H3/t18-,21-/m1/s1. The minimum absolute atomic E-state index is 0.0413. The number of rotatable bonds is 11. The van der Waals surface area contributed by atoms with Crippen molar-refractivity contribution in [3.05, 3.63) is 44.8 Å². The summed E-state index contributed by atoms with van der Waals surface area (Å²) in [6, 6.07) is 4.31. The SMILES string of the molecule is CC(C)CCN([C@@H]1CN(C(=O)OC(C)(C)C)C[C@H]1CCCN=[N+]=[N-])S(=O)(=O)c1ccc([N+](=O)[O-])cc1. The highest BCUT2D eigenvalue weighted by molar-refractivity contribution is 7.89. The van der Waals surface area contributed by atoms with Crippen molar-refractivity contribution in [3.8, 4) is 0 Å². The fourth-order valence-corrected chi connectivity index (χ4v) is 5.83. The molecule has 1 aliphatic rings. The largest absolute Gasteiger partial charge is 0.444 e. The van der Waals surface area contributed by atoms with Crippen molar-refractivity contribution >= 4 is 21.8 Å². The second-order valence-corrected chi connectivity index (χ2v) is 12.2. The average Bonchev–Trinajstić information content (AvgIpc) is 3.19. The van der Waals surface area contributed by atoms with Gasteiger partial charge in [0.15, 0.2) is 0 Å². The molecule has 0 radical (unpaired) electrons. The van der Waals surface area contributed by atoms with E-state index in [0.717, 1.165) is 0 Å². The number of hydrogen-bond donors (Lipinski definition) is 0. The molecule has 0 bridgehead atoms. The van der Waals surface area contributed by atoms with E-state index >= 15 is 0 Å². The van der Waals surface area contributed by atoms with E-state index in [0.29, 0.717) is 25.8 Å². The van der Waals surface area contributed by atoms with Gasteiger partial charge < -0.3 is 9.64 Å². The third kappa shape index (κ3) is 8.07. The predicted octanol–water partition coefficient (Wildman–Crippen LogP) is 4.96. The molecule has 1 aliphatic heterocycles. The Hall–Kier alpha value is -2.89. The summed E-state index contributed by atoms with van der Waals surface area (Å²) in [5.41, 5.74) is 7.69. The number of azide groups is 1. The fourth-order valence-electron chi connectivity index (χ4n) is 4.13. The molecule has 2 atom stereocenters. The van der Waals surface area contributed by atoms with Gasteiger partial charge in [-0.3, -0.25) is 10.1 Å². The molecule has 0 aliphatic carbocycles. The summed E-state index contributed by atoms with van der Waals surface area (Å²) in [6.45, 7) is 10.3. The Bertz CT molecular complexity index is 1060. The molecular weight excluding hydrogens is 488 g/mol. The third-order valence-corrected chi connectivity index (χ3v) is 7.84. The zero-order chi connectivity index (χ0) is 27.1. The highest BCUT2D eigenvalue weighted by Gasteiger charge is 2.44. The van der Waals surface area contributed by atoms with Crippen LogP contribution in [0.1, 0.15) is 53.9 Å². The lowest BCUT2D eigenvalue weighted by molar-refractivity contribution is -0.384. The summed E-state index contributed by atoms with van der Waals surface area (Å²) in [6.07, 6.45) is 1.18. The van der Waals surface area contributed by atoms with Gasteiger partial charge in [0.25, 0.3) is 5.69 Å². The minimum atomic E-state index is -4.03. The van der Waals surface area contributed by atoms with Crippen LogP contribution in [-0.4, -0.2) is 66.5 Å². The van der Waals surface area contributed by atoms with E-state index in [9.17, 15) is 23.3 Å². The smallest absolute Gasteiger partial charge is 0.410 e. The van der Waals surface area contributed by atoms with Gasteiger partial charge in [0, 0.05) is 49.3 Å². The van der Waals surface area contributed by atoms with Crippen LogP contribution in [0.15, 0.2) is 34.3 Å². The molecular formula is C23H36N6O6S. The van der Waals surface area contributed by atoms with Crippen molar-refractivity contribution in [2.45, 2.75) is 70.4 Å². The summed E-state index contributed by atoms with van der Waals surface area (Å²) in [5.74, 6) is 0.0257. The number of hydrogen-bond acceptors (Lipinski definition) is 7. The molecule has 2 rings (SSSR count). The number of ether oxygens (including phenoxy) is 1. The maximum Gasteiger partial charge on any atom is 0.410 e. The van der Waals surface area contributed by atoms with Crippen molar-refractivity contribution in [3.63, 3.8) is 0 Å². The van der Waals surface area contributed by atoms with Crippen molar-refractivity contribution < 1.29 is 22.9 Å². The van der Waals surface area contributed by atoms with E-state index in [2.05, 4.69) is 10.0 Å². The molecule has 1 amide bonds. The van der Waals surface area contributed by atoms with E-state index in [4.69, 9.17) is 10.3 Å². The molecule has 200 valence electrons. The first-order valence-electron chi connectivity index (χ1n) is 12.0. The topological polar surface area (TPSA) is 159 Å². The van der Waals surface area contributed by atoms with Gasteiger partial charge in [-0.15, -0.1) is 0 Å². The molecule has 0 saturated carbocycles. The Balaban J connectivity index is 2.42. The van der Waals surface area contributed by atoms with E-state index in [1.165, 1.54) is 33.5 Å². The number of non-ortho nitro benzene ring substituents is 1. The summed E-state index contributed by atoms with van der Waals surface area (Å²) >= 11 is 0. The monoisotopic (exact) mass is 524 g/mol. The average molecular weight is 525 g/mol. The summed E-state index contributed by atoms with van der Waals surface area (Å²) in [7, 11) is -4.03. The molecule has 1 heterocycles. The van der Waals surface area contributed by atoms with Gasteiger partial charge in [-0.25, -0.2) is 13.2 Å². The van der Waals surface area contributed by atoms with Crippen LogP contribution in [0.25, 0.3) is 10.4 Å². The van der Waals surface area contributed by atoms with Crippen LogP contribution in [0.3, 0.4) is 0 Å². The molecule has 0 spiro atoms. The van der Waals surface area contributed by atoms with Crippen molar-refractivity contribution in [1.29, 1.82) is 0 Å². The quantitative estimate of drug-likeness (QED) is 0.0993. The molecule has 36 heavy (non-hydrogen) atoms. The number of likely N-dealkylation sites (tertiary alicyclic amines) is 1. The number of amides is 1. The summed E-state index contributed by atoms with van der Waals surface area (Å²) in [4.78, 5) is 27.6. The van der Waals surface area contributed by atoms with Gasteiger partial charge in [-0.05, 0) is 69.5 Å². The zero-order valence-electron chi connectivity index (χ0n) is 21.5. The third-order valence-electron chi connectivity index (χ3n) is 5.91. The van der Waals surface area contributed by atoms with Crippen molar-refractivity contribution in [2.75, 3.05) is 26.2 Å². The Morgan fingerprint density at radius 3 is 2.47 bits per heavy atom. The molecule has 1 aromatic rings. The number of nitro benzene ring substituents is 1. The van der Waals surface area contributed by atoms with Crippen LogP contribution in [0.5, 0.6) is 0 Å². The normalized spacial score (nSPS) is 18.4. The van der Waals surface area contributed by atoms with Gasteiger partial charge in [-0.1, -0.05) is 19.0 Å². The van der Waals surface area contributed by atoms with Crippen LogP contribution >= 0.6 is 0 Å². The van der Waals surface area contributed by atoms with E-state index in [-0.39, 0.29) is 42.1 Å². The van der Waals surface area contributed by atoms with Crippen LogP contribution in [0.2, 0.25) is 0 Å². The number of nitrogens with zero attached hydrogens (tertiary/aromatic N) is 6. The van der Waals surface area contributed by atoms with E-state index < -0.39 is 32.7 Å². The van der Waals surface area contributed by atoms with Gasteiger partial charge in [0.05, 0.1) is 9.82 Å². The maximum absolute atomic E-state index is 13.8. The molecule has 12 nitrogen and oxygen atoms in total. The highest BCUT2D eigenvalue weighted by atomic mass is 32.2. The number of benzene rings is 1. The number of carbonyl (C=O) groups excluding carboxylic acids is 1. The van der Waals surface area contributed by atoms with Crippen LogP contribution in [-0.2, 0) is 14.8 Å². The number of sulfonamides is 1. The first-order chi connectivity index (χ1) is 16.8. The number of carbonyl (C=O) groups is 1. The Kier molecular flexibility index (Phi) is 10.1. The van der Waals surface area contributed by atoms with Crippen molar-refractivity contribution in [2.24, 2.45) is 17.0 Å². The highest BCUT2D eigenvalue weighted by Crippen LogP contribution is 2.32. The van der Waals surface area contributed by atoms with Gasteiger partial charge in [0.2, 0.25) is 10.0 Å². The lowest BCUT2D eigenvalue weighted by Crippen LogP contribution is -2.46. The molecule has 13 heteroatoms. The molecule has 1 fully saturated rings. The molecule has 0 unspecified atom stereocenters. The minimum Gasteiger partial charge on any atom is -0.444 e. The van der Waals surface area contributed by atoms with E-state index in [1.54, 1.807) is 20.8 Å². The predicted molar refractivity (Wildman–Crippen MR) is 135 cm³/mol. The van der Waals surface area contributed by atoms with Crippen molar-refractivity contribution in [1.82, 2.24) is 9.21 Å². The Labute approximate surface area is 212 Å².